The molecule has 0 amide bonds. The average Bonchev–Trinajstić information content (AvgIpc) is 2.83. The number of aryl methyl sites for hydroxylation is 1. The Labute approximate surface area is 127 Å². The van der Waals surface area contributed by atoms with Crippen LogP contribution in [-0.4, -0.2) is 11.5 Å². The second-order valence-corrected chi connectivity index (χ2v) is 6.87. The molecule has 0 saturated heterocycles. The number of hydrogen-bond acceptors (Lipinski definition) is 4. The van der Waals surface area contributed by atoms with Gasteiger partial charge in [-0.3, -0.25) is 0 Å². The fourth-order valence-electron chi connectivity index (χ4n) is 1.82. The molecule has 108 valence electrons. The van der Waals surface area contributed by atoms with Crippen molar-refractivity contribution >= 4 is 23.1 Å². The van der Waals surface area contributed by atoms with Crippen LogP contribution in [0.4, 0.5) is 4.39 Å². The Morgan fingerprint density at radius 3 is 2.85 bits per heavy atom. The minimum absolute atomic E-state index is 0.172. The second kappa shape index (κ2) is 7.20. The predicted molar refractivity (Wildman–Crippen MR) is 84.1 cm³/mol. The van der Waals surface area contributed by atoms with E-state index >= 15 is 0 Å². The lowest BCUT2D eigenvalue weighted by atomic mass is 10.1. The van der Waals surface area contributed by atoms with Gasteiger partial charge >= 0.3 is 0 Å². The lowest BCUT2D eigenvalue weighted by Gasteiger charge is -2.14. The lowest BCUT2D eigenvalue weighted by molar-refractivity contribution is 0.556. The molecule has 0 radical (unpaired) electrons. The van der Waals surface area contributed by atoms with Crippen molar-refractivity contribution in [3.05, 3.63) is 40.7 Å². The largest absolute Gasteiger partial charge is 0.310 e. The van der Waals surface area contributed by atoms with E-state index in [0.717, 1.165) is 28.6 Å². The molecule has 1 N–H and O–H groups in total. The van der Waals surface area contributed by atoms with Crippen molar-refractivity contribution < 1.29 is 4.39 Å². The van der Waals surface area contributed by atoms with E-state index in [1.165, 1.54) is 11.8 Å². The van der Waals surface area contributed by atoms with Crippen LogP contribution in [0.3, 0.4) is 0 Å². The van der Waals surface area contributed by atoms with Crippen molar-refractivity contribution in [3.63, 3.8) is 0 Å². The van der Waals surface area contributed by atoms with Crippen LogP contribution in [0, 0.1) is 12.7 Å². The Balaban J connectivity index is 2.09. The Kier molecular flexibility index (Phi) is 5.57. The first-order valence-corrected chi connectivity index (χ1v) is 8.42. The van der Waals surface area contributed by atoms with Gasteiger partial charge in [-0.25, -0.2) is 9.37 Å². The number of hydrogen-bond donors (Lipinski definition) is 1. The minimum Gasteiger partial charge on any atom is -0.310 e. The summed E-state index contributed by atoms with van der Waals surface area (Å²) >= 11 is 2.93. The second-order valence-electron chi connectivity index (χ2n) is 4.72. The van der Waals surface area contributed by atoms with Crippen LogP contribution >= 0.6 is 23.1 Å². The molecule has 1 heterocycles. The number of nitrogens with zero attached hydrogens (tertiary/aromatic N) is 1. The third-order valence-corrected chi connectivity index (χ3v) is 5.06. The first-order valence-electron chi connectivity index (χ1n) is 6.73. The monoisotopic (exact) mass is 310 g/mol. The topological polar surface area (TPSA) is 24.9 Å². The van der Waals surface area contributed by atoms with Crippen LogP contribution in [0.5, 0.6) is 0 Å². The quantitative estimate of drug-likeness (QED) is 0.829. The molecular formula is C15H19FN2S2. The lowest BCUT2D eigenvalue weighted by Crippen LogP contribution is -2.19. The van der Waals surface area contributed by atoms with Crippen LogP contribution in [0.1, 0.15) is 37.6 Å². The van der Waals surface area contributed by atoms with Crippen molar-refractivity contribution in [1.82, 2.24) is 10.3 Å². The number of halogens is 1. The molecule has 0 aliphatic carbocycles. The van der Waals surface area contributed by atoms with Gasteiger partial charge in [0, 0.05) is 17.1 Å². The van der Waals surface area contributed by atoms with Gasteiger partial charge in [0.2, 0.25) is 0 Å². The molecular weight excluding hydrogens is 291 g/mol. The molecule has 2 nitrogen and oxygen atoms in total. The summed E-state index contributed by atoms with van der Waals surface area (Å²) in [7, 11) is 0. The van der Waals surface area contributed by atoms with Gasteiger partial charge in [-0.05, 0) is 44.5 Å². The number of nitrogens with one attached hydrogen (secondary N) is 1. The third-order valence-electron chi connectivity index (χ3n) is 2.95. The van der Waals surface area contributed by atoms with E-state index in [2.05, 4.69) is 24.1 Å². The summed E-state index contributed by atoms with van der Waals surface area (Å²) in [5.41, 5.74) is 1.96. The first kappa shape index (κ1) is 15.5. The molecule has 0 bridgehead atoms. The van der Waals surface area contributed by atoms with Crippen molar-refractivity contribution in [2.24, 2.45) is 0 Å². The van der Waals surface area contributed by atoms with E-state index < -0.39 is 0 Å². The summed E-state index contributed by atoms with van der Waals surface area (Å²) in [6.45, 7) is 7.07. The summed E-state index contributed by atoms with van der Waals surface area (Å²) in [6.07, 6.45) is 1.07. The van der Waals surface area contributed by atoms with E-state index in [4.69, 9.17) is 0 Å². The van der Waals surface area contributed by atoms with Gasteiger partial charge in [-0.15, -0.1) is 11.3 Å². The molecule has 20 heavy (non-hydrogen) atoms. The van der Waals surface area contributed by atoms with E-state index in [1.54, 1.807) is 17.4 Å². The number of benzene rings is 1. The summed E-state index contributed by atoms with van der Waals surface area (Å²) < 4.78 is 15.0. The van der Waals surface area contributed by atoms with E-state index in [-0.39, 0.29) is 11.9 Å². The molecule has 5 heteroatoms. The fourth-order valence-corrected chi connectivity index (χ4v) is 3.62. The molecule has 1 aromatic carbocycles. The molecule has 0 saturated carbocycles. The number of thiazole rings is 1. The van der Waals surface area contributed by atoms with Gasteiger partial charge < -0.3 is 5.32 Å². The highest BCUT2D eigenvalue weighted by molar-refractivity contribution is 8.01. The molecule has 0 aliphatic heterocycles. The van der Waals surface area contributed by atoms with Crippen LogP contribution in [0.15, 0.2) is 32.8 Å². The van der Waals surface area contributed by atoms with Gasteiger partial charge in [0.15, 0.2) is 4.34 Å². The highest BCUT2D eigenvalue weighted by Gasteiger charge is 2.11. The first-order chi connectivity index (χ1) is 9.60. The van der Waals surface area contributed by atoms with E-state index in [1.807, 2.05) is 24.4 Å². The van der Waals surface area contributed by atoms with Gasteiger partial charge in [-0.2, -0.15) is 0 Å². The summed E-state index contributed by atoms with van der Waals surface area (Å²) in [6, 6.07) is 5.62. The van der Waals surface area contributed by atoms with Gasteiger partial charge in [0.1, 0.15) is 5.82 Å². The molecule has 0 spiro atoms. The molecule has 1 aromatic heterocycles. The SMILES string of the molecule is CCCNC(C)c1ccc(Sc2nc(C)cs2)c(F)c1. The highest BCUT2D eigenvalue weighted by atomic mass is 32.2. The highest BCUT2D eigenvalue weighted by Crippen LogP contribution is 2.33. The Bertz CT molecular complexity index is 569. The van der Waals surface area contributed by atoms with Crippen LogP contribution in [-0.2, 0) is 0 Å². The van der Waals surface area contributed by atoms with Crippen molar-refractivity contribution in [2.75, 3.05) is 6.54 Å². The van der Waals surface area contributed by atoms with Crippen LogP contribution in [0.25, 0.3) is 0 Å². The summed E-state index contributed by atoms with van der Waals surface area (Å²) in [5, 5.41) is 5.34. The van der Waals surface area contributed by atoms with Gasteiger partial charge in [0.25, 0.3) is 0 Å². The zero-order chi connectivity index (χ0) is 14.5. The predicted octanol–water partition coefficient (Wildman–Crippen LogP) is 4.80. The zero-order valence-electron chi connectivity index (χ0n) is 11.9. The normalized spacial score (nSPS) is 12.6. The molecule has 1 atom stereocenters. The molecule has 0 fully saturated rings. The van der Waals surface area contributed by atoms with E-state index in [9.17, 15) is 4.39 Å². The maximum atomic E-state index is 14.2. The minimum atomic E-state index is -0.175. The van der Waals surface area contributed by atoms with E-state index in [0.29, 0.717) is 4.90 Å². The Morgan fingerprint density at radius 1 is 1.45 bits per heavy atom. The fraction of sp³-hybridized carbons (Fsp3) is 0.400. The summed E-state index contributed by atoms with van der Waals surface area (Å²) in [4.78, 5) is 4.98. The van der Waals surface area contributed by atoms with Crippen LogP contribution < -0.4 is 5.32 Å². The third kappa shape index (κ3) is 4.04. The average molecular weight is 310 g/mol. The summed E-state index contributed by atoms with van der Waals surface area (Å²) in [5.74, 6) is -0.175. The van der Waals surface area contributed by atoms with Gasteiger partial charge in [0.05, 0.1) is 4.90 Å². The number of rotatable bonds is 6. The van der Waals surface area contributed by atoms with Crippen molar-refractivity contribution in [3.8, 4) is 0 Å². The standard InChI is InChI=1S/C15H19FN2S2/c1-4-7-17-11(3)12-5-6-14(13(16)8-12)20-15-18-10(2)9-19-15/h5-6,8-9,11,17H,4,7H2,1-3H3. The maximum absolute atomic E-state index is 14.2. The molecule has 1 unspecified atom stereocenters. The van der Waals surface area contributed by atoms with Crippen LogP contribution in [0.2, 0.25) is 0 Å². The Hall–Kier alpha value is -0.910. The Morgan fingerprint density at radius 2 is 2.25 bits per heavy atom. The maximum Gasteiger partial charge on any atom is 0.154 e. The smallest absolute Gasteiger partial charge is 0.154 e. The van der Waals surface area contributed by atoms with Gasteiger partial charge in [-0.1, -0.05) is 24.8 Å². The van der Waals surface area contributed by atoms with Crippen molar-refractivity contribution in [2.45, 2.75) is 42.5 Å². The number of aromatic nitrogens is 1. The molecule has 2 rings (SSSR count). The molecule has 2 aromatic rings. The van der Waals surface area contributed by atoms with Crippen molar-refractivity contribution in [1.29, 1.82) is 0 Å². The molecule has 0 aliphatic rings. The zero-order valence-corrected chi connectivity index (χ0v) is 13.6.